The number of hydrogen-bond acceptors (Lipinski definition) is 3. The molecule has 1 heterocycles. The fourth-order valence-electron chi connectivity index (χ4n) is 3.60. The Labute approximate surface area is 147 Å². The van der Waals surface area contributed by atoms with Gasteiger partial charge in [0.2, 0.25) is 5.91 Å². The Hall–Kier alpha value is -2.27. The maximum Gasteiger partial charge on any atom is 0.230 e. The van der Waals surface area contributed by atoms with E-state index in [1.807, 2.05) is 12.1 Å². The highest BCUT2D eigenvalue weighted by atomic mass is 19.1. The van der Waals surface area contributed by atoms with E-state index in [2.05, 4.69) is 10.3 Å². The predicted molar refractivity (Wildman–Crippen MR) is 93.4 cm³/mol. The smallest absolute Gasteiger partial charge is 0.230 e. The Balaban J connectivity index is 1.75. The van der Waals surface area contributed by atoms with Crippen molar-refractivity contribution in [1.29, 1.82) is 0 Å². The van der Waals surface area contributed by atoms with E-state index >= 15 is 0 Å². The lowest BCUT2D eigenvalue weighted by Crippen LogP contribution is -2.47. The number of halogens is 1. The Morgan fingerprint density at radius 1 is 1.28 bits per heavy atom. The highest BCUT2D eigenvalue weighted by Gasteiger charge is 2.43. The molecule has 4 nitrogen and oxygen atoms in total. The fourth-order valence-corrected chi connectivity index (χ4v) is 3.60. The number of rotatable bonds is 5. The Morgan fingerprint density at radius 2 is 1.96 bits per heavy atom. The van der Waals surface area contributed by atoms with Gasteiger partial charge in [-0.15, -0.1) is 0 Å². The maximum atomic E-state index is 13.1. The van der Waals surface area contributed by atoms with Crippen LogP contribution in [0.4, 0.5) is 4.39 Å². The summed E-state index contributed by atoms with van der Waals surface area (Å²) in [6, 6.07) is 9.47. The summed E-state index contributed by atoms with van der Waals surface area (Å²) in [5, 5.41) is 13.6. The molecule has 25 heavy (non-hydrogen) atoms. The molecule has 1 fully saturated rings. The number of aliphatic hydroxyl groups is 1. The highest BCUT2D eigenvalue weighted by Crippen LogP contribution is 2.41. The van der Waals surface area contributed by atoms with Crippen LogP contribution in [0.2, 0.25) is 0 Å². The molecule has 0 spiro atoms. The summed E-state index contributed by atoms with van der Waals surface area (Å²) < 4.78 is 13.1. The topological polar surface area (TPSA) is 62.2 Å². The third-order valence-corrected chi connectivity index (χ3v) is 5.17. The van der Waals surface area contributed by atoms with Crippen LogP contribution in [0.1, 0.15) is 43.7 Å². The summed E-state index contributed by atoms with van der Waals surface area (Å²) in [7, 11) is 0. The van der Waals surface area contributed by atoms with Gasteiger partial charge in [0.05, 0.1) is 12.0 Å². The van der Waals surface area contributed by atoms with Crippen molar-refractivity contribution in [2.24, 2.45) is 0 Å². The quantitative estimate of drug-likeness (QED) is 0.878. The summed E-state index contributed by atoms with van der Waals surface area (Å²) in [5.74, 6) is -0.439. The van der Waals surface area contributed by atoms with E-state index < -0.39 is 11.0 Å². The van der Waals surface area contributed by atoms with Crippen LogP contribution in [-0.2, 0) is 15.8 Å². The zero-order valence-electron chi connectivity index (χ0n) is 14.3. The first kappa shape index (κ1) is 17.5. The SMILES string of the molecule is C[C@@](O)(CNC(=O)C1(c2cccnc2)CCCC1)c1ccc(F)cc1. The van der Waals surface area contributed by atoms with E-state index in [1.54, 1.807) is 19.3 Å². The molecule has 1 amide bonds. The molecule has 0 aliphatic heterocycles. The lowest BCUT2D eigenvalue weighted by atomic mass is 9.78. The third kappa shape index (κ3) is 3.56. The number of pyridine rings is 1. The van der Waals surface area contributed by atoms with Crippen LogP contribution in [0.15, 0.2) is 48.8 Å². The van der Waals surface area contributed by atoms with Crippen molar-refractivity contribution in [2.75, 3.05) is 6.54 Å². The molecular weight excluding hydrogens is 319 g/mol. The number of nitrogens with one attached hydrogen (secondary N) is 1. The second kappa shape index (κ2) is 6.92. The van der Waals surface area contributed by atoms with Crippen molar-refractivity contribution < 1.29 is 14.3 Å². The van der Waals surface area contributed by atoms with Crippen LogP contribution < -0.4 is 5.32 Å². The monoisotopic (exact) mass is 342 g/mol. The molecule has 1 atom stereocenters. The molecule has 3 rings (SSSR count). The fraction of sp³-hybridized carbons (Fsp3) is 0.400. The number of amides is 1. The van der Waals surface area contributed by atoms with Gasteiger partial charge in [-0.25, -0.2) is 4.39 Å². The van der Waals surface area contributed by atoms with Gasteiger partial charge in [0.15, 0.2) is 0 Å². The van der Waals surface area contributed by atoms with Gasteiger partial charge >= 0.3 is 0 Å². The number of carbonyl (C=O) groups is 1. The Kier molecular flexibility index (Phi) is 4.86. The van der Waals surface area contributed by atoms with Crippen molar-refractivity contribution in [3.8, 4) is 0 Å². The first-order valence-electron chi connectivity index (χ1n) is 8.61. The maximum absolute atomic E-state index is 13.1. The molecule has 1 aromatic carbocycles. The van der Waals surface area contributed by atoms with Gasteiger partial charge in [0.1, 0.15) is 11.4 Å². The van der Waals surface area contributed by atoms with Crippen LogP contribution in [0, 0.1) is 5.82 Å². The second-order valence-corrected chi connectivity index (χ2v) is 6.99. The Morgan fingerprint density at radius 3 is 2.56 bits per heavy atom. The summed E-state index contributed by atoms with van der Waals surface area (Å²) in [4.78, 5) is 17.1. The normalized spacial score (nSPS) is 18.5. The lowest BCUT2D eigenvalue weighted by Gasteiger charge is -2.31. The van der Waals surface area contributed by atoms with Crippen LogP contribution >= 0.6 is 0 Å². The third-order valence-electron chi connectivity index (χ3n) is 5.17. The van der Waals surface area contributed by atoms with Gasteiger partial charge in [-0.1, -0.05) is 31.0 Å². The van der Waals surface area contributed by atoms with E-state index in [0.29, 0.717) is 5.56 Å². The van der Waals surface area contributed by atoms with Crippen LogP contribution in [0.3, 0.4) is 0 Å². The molecule has 1 aromatic heterocycles. The second-order valence-electron chi connectivity index (χ2n) is 6.99. The number of aromatic nitrogens is 1. The van der Waals surface area contributed by atoms with E-state index in [1.165, 1.54) is 24.3 Å². The van der Waals surface area contributed by atoms with E-state index in [0.717, 1.165) is 31.2 Å². The average Bonchev–Trinajstić information content (AvgIpc) is 3.12. The zero-order valence-corrected chi connectivity index (χ0v) is 14.3. The predicted octanol–water partition coefficient (Wildman–Crippen LogP) is 3.06. The van der Waals surface area contributed by atoms with E-state index in [4.69, 9.17) is 0 Å². The minimum atomic E-state index is -1.27. The molecule has 2 N–H and O–H groups in total. The first-order valence-corrected chi connectivity index (χ1v) is 8.61. The molecule has 1 saturated carbocycles. The van der Waals surface area contributed by atoms with Gasteiger partial charge in [-0.2, -0.15) is 0 Å². The summed E-state index contributed by atoms with van der Waals surface area (Å²) in [6.45, 7) is 1.69. The minimum Gasteiger partial charge on any atom is -0.384 e. The molecule has 0 bridgehead atoms. The molecule has 1 aliphatic carbocycles. The van der Waals surface area contributed by atoms with Crippen molar-refractivity contribution in [3.63, 3.8) is 0 Å². The molecule has 1 aliphatic rings. The van der Waals surface area contributed by atoms with Gasteiger partial charge in [-0.3, -0.25) is 9.78 Å². The zero-order chi connectivity index (χ0) is 17.9. The molecular formula is C20H23FN2O2. The molecule has 0 unspecified atom stereocenters. The summed E-state index contributed by atoms with van der Waals surface area (Å²) >= 11 is 0. The first-order chi connectivity index (χ1) is 11.9. The number of hydrogen-bond donors (Lipinski definition) is 2. The summed E-state index contributed by atoms with van der Waals surface area (Å²) in [6.07, 6.45) is 7.01. The summed E-state index contributed by atoms with van der Waals surface area (Å²) in [5.41, 5.74) is -0.354. The van der Waals surface area contributed by atoms with Crippen molar-refractivity contribution >= 4 is 5.91 Å². The van der Waals surface area contributed by atoms with Gasteiger partial charge in [0.25, 0.3) is 0 Å². The van der Waals surface area contributed by atoms with Crippen molar-refractivity contribution in [2.45, 2.75) is 43.6 Å². The van der Waals surface area contributed by atoms with Crippen molar-refractivity contribution in [3.05, 3.63) is 65.7 Å². The largest absolute Gasteiger partial charge is 0.384 e. The average molecular weight is 342 g/mol. The van der Waals surface area contributed by atoms with Gasteiger partial charge in [0, 0.05) is 12.4 Å². The number of nitrogens with zero attached hydrogens (tertiary/aromatic N) is 1. The number of benzene rings is 1. The van der Waals surface area contributed by atoms with Gasteiger partial charge < -0.3 is 10.4 Å². The van der Waals surface area contributed by atoms with Crippen molar-refractivity contribution in [1.82, 2.24) is 10.3 Å². The van der Waals surface area contributed by atoms with Crippen LogP contribution in [-0.4, -0.2) is 22.5 Å². The molecule has 0 saturated heterocycles. The minimum absolute atomic E-state index is 0.0689. The molecule has 0 radical (unpaired) electrons. The van der Waals surface area contributed by atoms with Crippen LogP contribution in [0.5, 0.6) is 0 Å². The molecule has 5 heteroatoms. The van der Waals surface area contributed by atoms with Crippen LogP contribution in [0.25, 0.3) is 0 Å². The lowest BCUT2D eigenvalue weighted by molar-refractivity contribution is -0.127. The molecule has 2 aromatic rings. The standard InChI is InChI=1S/C20H23FN2O2/c1-19(25,15-6-8-17(21)9-7-15)14-23-18(24)20(10-2-3-11-20)16-5-4-12-22-13-16/h4-9,12-13,25H,2-3,10-11,14H2,1H3,(H,23,24)/t19-/m1/s1. The molecule has 132 valence electrons. The van der Waals surface area contributed by atoms with Gasteiger partial charge in [-0.05, 0) is 49.1 Å². The van der Waals surface area contributed by atoms with E-state index in [-0.39, 0.29) is 18.3 Å². The Bertz CT molecular complexity index is 723. The highest BCUT2D eigenvalue weighted by molar-refractivity contribution is 5.88. The van der Waals surface area contributed by atoms with E-state index in [9.17, 15) is 14.3 Å². The number of carbonyl (C=O) groups excluding carboxylic acids is 1.